The van der Waals surface area contributed by atoms with Crippen LogP contribution < -0.4 is 16.4 Å². The second-order valence-electron chi connectivity index (χ2n) is 4.98. The number of urea groups is 1. The van der Waals surface area contributed by atoms with E-state index < -0.39 is 6.03 Å². The van der Waals surface area contributed by atoms with E-state index in [4.69, 9.17) is 5.73 Å². The standard InChI is InChI=1S/C14H21N3O/c1-10(16-12-6-2-3-7-12)11-5-4-8-13(9-11)17-14(15)18/h4-5,8-10,12,16H,2-3,6-7H2,1H3,(H3,15,17,18). The van der Waals surface area contributed by atoms with Crippen molar-refractivity contribution in [3.05, 3.63) is 29.8 Å². The lowest BCUT2D eigenvalue weighted by molar-refractivity contribution is 0.259. The Balaban J connectivity index is 2.00. The lowest BCUT2D eigenvalue weighted by atomic mass is 10.1. The van der Waals surface area contributed by atoms with E-state index in [-0.39, 0.29) is 0 Å². The summed E-state index contributed by atoms with van der Waals surface area (Å²) in [5.74, 6) is 0. The number of nitrogens with one attached hydrogen (secondary N) is 2. The van der Waals surface area contributed by atoms with Crippen LogP contribution in [0.1, 0.15) is 44.2 Å². The van der Waals surface area contributed by atoms with Crippen molar-refractivity contribution in [3.8, 4) is 0 Å². The van der Waals surface area contributed by atoms with Crippen molar-refractivity contribution < 1.29 is 4.79 Å². The van der Waals surface area contributed by atoms with Gasteiger partial charge in [0.05, 0.1) is 0 Å². The lowest BCUT2D eigenvalue weighted by Crippen LogP contribution is -2.29. The smallest absolute Gasteiger partial charge is 0.316 e. The molecule has 18 heavy (non-hydrogen) atoms. The quantitative estimate of drug-likeness (QED) is 0.766. The van der Waals surface area contributed by atoms with Gasteiger partial charge in [-0.3, -0.25) is 0 Å². The Morgan fingerprint density at radius 2 is 2.11 bits per heavy atom. The fraction of sp³-hybridized carbons (Fsp3) is 0.500. The van der Waals surface area contributed by atoms with Gasteiger partial charge < -0.3 is 16.4 Å². The topological polar surface area (TPSA) is 67.2 Å². The van der Waals surface area contributed by atoms with Crippen LogP contribution in [0.3, 0.4) is 0 Å². The van der Waals surface area contributed by atoms with Gasteiger partial charge in [-0.05, 0) is 37.5 Å². The number of carbonyl (C=O) groups is 1. The van der Waals surface area contributed by atoms with Crippen molar-refractivity contribution in [3.63, 3.8) is 0 Å². The Bertz CT molecular complexity index is 413. The molecule has 0 heterocycles. The van der Waals surface area contributed by atoms with E-state index in [2.05, 4.69) is 23.6 Å². The molecule has 98 valence electrons. The molecular formula is C14H21N3O. The molecule has 4 nitrogen and oxygen atoms in total. The van der Waals surface area contributed by atoms with E-state index in [0.717, 1.165) is 5.69 Å². The van der Waals surface area contributed by atoms with Crippen LogP contribution >= 0.6 is 0 Å². The summed E-state index contributed by atoms with van der Waals surface area (Å²) in [7, 11) is 0. The normalized spacial score (nSPS) is 17.6. The SMILES string of the molecule is CC(NC1CCCC1)c1cccc(NC(N)=O)c1. The van der Waals surface area contributed by atoms with Crippen molar-refractivity contribution in [2.45, 2.75) is 44.7 Å². The zero-order valence-electron chi connectivity index (χ0n) is 10.8. The molecule has 0 aromatic heterocycles. The molecule has 2 rings (SSSR count). The minimum Gasteiger partial charge on any atom is -0.351 e. The molecule has 1 fully saturated rings. The highest BCUT2D eigenvalue weighted by atomic mass is 16.2. The van der Waals surface area contributed by atoms with Crippen LogP contribution in [-0.2, 0) is 0 Å². The van der Waals surface area contributed by atoms with Crippen molar-refractivity contribution >= 4 is 11.7 Å². The van der Waals surface area contributed by atoms with Crippen molar-refractivity contribution in [2.75, 3.05) is 5.32 Å². The Kier molecular flexibility index (Phi) is 4.20. The number of nitrogens with two attached hydrogens (primary N) is 1. The summed E-state index contributed by atoms with van der Waals surface area (Å²) in [5.41, 5.74) is 7.04. The molecule has 0 spiro atoms. The highest BCUT2D eigenvalue weighted by Gasteiger charge is 2.17. The van der Waals surface area contributed by atoms with Crippen LogP contribution in [0.4, 0.5) is 10.5 Å². The predicted octanol–water partition coefficient (Wildman–Crippen LogP) is 2.77. The predicted molar refractivity (Wildman–Crippen MR) is 73.5 cm³/mol. The molecule has 1 aliphatic carbocycles. The molecular weight excluding hydrogens is 226 g/mol. The van der Waals surface area contributed by atoms with Gasteiger partial charge in [-0.1, -0.05) is 25.0 Å². The first kappa shape index (κ1) is 12.9. The zero-order chi connectivity index (χ0) is 13.0. The molecule has 0 bridgehead atoms. The number of anilines is 1. The molecule has 0 radical (unpaired) electrons. The summed E-state index contributed by atoms with van der Waals surface area (Å²) in [6.45, 7) is 2.15. The first-order valence-corrected chi connectivity index (χ1v) is 6.57. The van der Waals surface area contributed by atoms with E-state index in [1.165, 1.54) is 31.2 Å². The molecule has 1 aromatic rings. The maximum absolute atomic E-state index is 10.8. The fourth-order valence-corrected chi connectivity index (χ4v) is 2.57. The number of primary amides is 1. The monoisotopic (exact) mass is 247 g/mol. The average Bonchev–Trinajstić information content (AvgIpc) is 2.81. The highest BCUT2D eigenvalue weighted by molar-refractivity contribution is 5.87. The van der Waals surface area contributed by atoms with Crippen LogP contribution in [0.15, 0.2) is 24.3 Å². The van der Waals surface area contributed by atoms with E-state index in [1.807, 2.05) is 18.2 Å². The summed E-state index contributed by atoms with van der Waals surface area (Å²) in [6, 6.07) is 8.22. The molecule has 1 aliphatic rings. The summed E-state index contributed by atoms with van der Waals surface area (Å²) < 4.78 is 0. The third-order valence-corrected chi connectivity index (χ3v) is 3.50. The first-order chi connectivity index (χ1) is 8.65. The van der Waals surface area contributed by atoms with Gasteiger partial charge in [0, 0.05) is 17.8 Å². The minimum absolute atomic E-state index is 0.294. The van der Waals surface area contributed by atoms with Crippen LogP contribution in [0.2, 0.25) is 0 Å². The molecule has 1 unspecified atom stereocenters. The van der Waals surface area contributed by atoms with Gasteiger partial charge in [-0.25, -0.2) is 4.79 Å². The summed E-state index contributed by atoms with van der Waals surface area (Å²) >= 11 is 0. The maximum atomic E-state index is 10.8. The number of hydrogen-bond donors (Lipinski definition) is 3. The maximum Gasteiger partial charge on any atom is 0.316 e. The van der Waals surface area contributed by atoms with Gasteiger partial charge in [0.1, 0.15) is 0 Å². The van der Waals surface area contributed by atoms with Crippen LogP contribution in [0.25, 0.3) is 0 Å². The van der Waals surface area contributed by atoms with Gasteiger partial charge >= 0.3 is 6.03 Å². The molecule has 1 saturated carbocycles. The van der Waals surface area contributed by atoms with Gasteiger partial charge in [0.2, 0.25) is 0 Å². The molecule has 1 atom stereocenters. The Labute approximate surface area is 108 Å². The van der Waals surface area contributed by atoms with Gasteiger partial charge in [-0.15, -0.1) is 0 Å². The third-order valence-electron chi connectivity index (χ3n) is 3.50. The number of amides is 2. The number of rotatable bonds is 4. The Morgan fingerprint density at radius 1 is 1.39 bits per heavy atom. The molecule has 1 aromatic carbocycles. The van der Waals surface area contributed by atoms with E-state index >= 15 is 0 Å². The third kappa shape index (κ3) is 3.47. The van der Waals surface area contributed by atoms with E-state index in [9.17, 15) is 4.79 Å². The van der Waals surface area contributed by atoms with Crippen LogP contribution in [-0.4, -0.2) is 12.1 Å². The number of benzene rings is 1. The molecule has 0 aliphatic heterocycles. The fourth-order valence-electron chi connectivity index (χ4n) is 2.57. The summed E-state index contributed by atoms with van der Waals surface area (Å²) in [6.07, 6.45) is 5.19. The Morgan fingerprint density at radius 3 is 2.78 bits per heavy atom. The minimum atomic E-state index is -0.524. The average molecular weight is 247 g/mol. The summed E-state index contributed by atoms with van der Waals surface area (Å²) in [5, 5.41) is 6.24. The van der Waals surface area contributed by atoms with Gasteiger partial charge in [0.15, 0.2) is 0 Å². The van der Waals surface area contributed by atoms with Crippen LogP contribution in [0.5, 0.6) is 0 Å². The second-order valence-corrected chi connectivity index (χ2v) is 4.98. The van der Waals surface area contributed by atoms with Crippen molar-refractivity contribution in [2.24, 2.45) is 5.73 Å². The molecule has 4 heteroatoms. The largest absolute Gasteiger partial charge is 0.351 e. The summed E-state index contributed by atoms with van der Waals surface area (Å²) in [4.78, 5) is 10.8. The van der Waals surface area contributed by atoms with E-state index in [1.54, 1.807) is 0 Å². The lowest BCUT2D eigenvalue weighted by Gasteiger charge is -2.20. The Hall–Kier alpha value is -1.55. The number of hydrogen-bond acceptors (Lipinski definition) is 2. The first-order valence-electron chi connectivity index (χ1n) is 6.57. The molecule has 2 amide bonds. The van der Waals surface area contributed by atoms with Crippen molar-refractivity contribution in [1.29, 1.82) is 0 Å². The zero-order valence-corrected chi connectivity index (χ0v) is 10.8. The van der Waals surface area contributed by atoms with Crippen LogP contribution in [0, 0.1) is 0 Å². The highest BCUT2D eigenvalue weighted by Crippen LogP contribution is 2.23. The van der Waals surface area contributed by atoms with Gasteiger partial charge in [0.25, 0.3) is 0 Å². The molecule has 0 saturated heterocycles. The van der Waals surface area contributed by atoms with Crippen molar-refractivity contribution in [1.82, 2.24) is 5.32 Å². The molecule has 4 N–H and O–H groups in total. The van der Waals surface area contributed by atoms with Gasteiger partial charge in [-0.2, -0.15) is 0 Å². The van der Waals surface area contributed by atoms with E-state index in [0.29, 0.717) is 12.1 Å². The second kappa shape index (κ2) is 5.87. The number of carbonyl (C=O) groups excluding carboxylic acids is 1.